The van der Waals surface area contributed by atoms with Crippen molar-refractivity contribution >= 4 is 10.9 Å². The summed E-state index contributed by atoms with van der Waals surface area (Å²) in [6, 6.07) is 9.84. The summed E-state index contributed by atoms with van der Waals surface area (Å²) in [5, 5.41) is 12.3. The molecule has 3 rings (SSSR count). The Labute approximate surface area is 110 Å². The molecular weight excluding hydrogens is 240 g/mol. The molecule has 3 aromatic rings. The van der Waals surface area contributed by atoms with E-state index in [0.29, 0.717) is 18.3 Å². The van der Waals surface area contributed by atoms with E-state index in [1.807, 2.05) is 37.3 Å². The molecule has 0 bridgehead atoms. The summed E-state index contributed by atoms with van der Waals surface area (Å²) in [7, 11) is 0. The minimum absolute atomic E-state index is 0.540. The van der Waals surface area contributed by atoms with Gasteiger partial charge in [-0.1, -0.05) is 13.0 Å². The van der Waals surface area contributed by atoms with Crippen LogP contribution < -0.4 is 5.32 Å². The SMILES string of the molecule is CCNCc1nnc(-c2ccc3ncccc3c2)o1. The van der Waals surface area contributed by atoms with E-state index in [2.05, 4.69) is 20.5 Å². The second-order valence-electron chi connectivity index (χ2n) is 4.19. The van der Waals surface area contributed by atoms with Gasteiger partial charge < -0.3 is 9.73 Å². The first kappa shape index (κ1) is 11.8. The highest BCUT2D eigenvalue weighted by Crippen LogP contribution is 2.22. The molecule has 1 N–H and O–H groups in total. The van der Waals surface area contributed by atoms with Crippen molar-refractivity contribution < 1.29 is 4.42 Å². The Balaban J connectivity index is 1.92. The second kappa shape index (κ2) is 5.16. The first-order valence-corrected chi connectivity index (χ1v) is 6.25. The maximum absolute atomic E-state index is 5.62. The van der Waals surface area contributed by atoms with Crippen LogP contribution in [0, 0.1) is 0 Å². The van der Waals surface area contributed by atoms with Gasteiger partial charge in [-0.05, 0) is 30.8 Å². The Morgan fingerprint density at radius 2 is 2.16 bits per heavy atom. The first-order chi connectivity index (χ1) is 9.36. The highest BCUT2D eigenvalue weighted by atomic mass is 16.4. The predicted molar refractivity (Wildman–Crippen MR) is 72.4 cm³/mol. The van der Waals surface area contributed by atoms with E-state index in [1.165, 1.54) is 0 Å². The van der Waals surface area contributed by atoms with Gasteiger partial charge in [0.2, 0.25) is 11.8 Å². The van der Waals surface area contributed by atoms with Crippen molar-refractivity contribution in [3.05, 3.63) is 42.4 Å². The molecule has 0 fully saturated rings. The number of benzene rings is 1. The summed E-state index contributed by atoms with van der Waals surface area (Å²) in [6.07, 6.45) is 1.78. The third-order valence-corrected chi connectivity index (χ3v) is 2.84. The van der Waals surface area contributed by atoms with Crippen LogP contribution in [0.15, 0.2) is 40.9 Å². The molecule has 19 heavy (non-hydrogen) atoms. The fourth-order valence-corrected chi connectivity index (χ4v) is 1.88. The number of pyridine rings is 1. The zero-order chi connectivity index (χ0) is 13.1. The van der Waals surface area contributed by atoms with Crippen LogP contribution in [0.5, 0.6) is 0 Å². The van der Waals surface area contributed by atoms with Gasteiger partial charge in [-0.3, -0.25) is 4.98 Å². The van der Waals surface area contributed by atoms with Gasteiger partial charge in [0.25, 0.3) is 0 Å². The van der Waals surface area contributed by atoms with Gasteiger partial charge in [-0.2, -0.15) is 0 Å². The zero-order valence-corrected chi connectivity index (χ0v) is 10.6. The van der Waals surface area contributed by atoms with Crippen molar-refractivity contribution in [1.82, 2.24) is 20.5 Å². The van der Waals surface area contributed by atoms with Crippen LogP contribution in [0.25, 0.3) is 22.4 Å². The summed E-state index contributed by atoms with van der Waals surface area (Å²) >= 11 is 0. The number of rotatable bonds is 4. The molecular formula is C14H14N4O. The molecule has 0 spiro atoms. The van der Waals surface area contributed by atoms with Crippen LogP contribution >= 0.6 is 0 Å². The third kappa shape index (κ3) is 2.46. The van der Waals surface area contributed by atoms with Crippen LogP contribution in [0.2, 0.25) is 0 Å². The van der Waals surface area contributed by atoms with E-state index in [1.54, 1.807) is 6.20 Å². The molecule has 0 amide bonds. The minimum Gasteiger partial charge on any atom is -0.419 e. The second-order valence-corrected chi connectivity index (χ2v) is 4.19. The Hall–Kier alpha value is -2.27. The molecule has 0 aliphatic heterocycles. The minimum atomic E-state index is 0.540. The Morgan fingerprint density at radius 3 is 3.05 bits per heavy atom. The molecule has 96 valence electrons. The van der Waals surface area contributed by atoms with Crippen LogP contribution in [-0.4, -0.2) is 21.7 Å². The standard InChI is InChI=1S/C14H14N4O/c1-2-15-9-13-17-18-14(19-13)11-5-6-12-10(8-11)4-3-7-16-12/h3-8,15H,2,9H2,1H3. The molecule has 1 aromatic carbocycles. The van der Waals surface area contributed by atoms with E-state index < -0.39 is 0 Å². The number of nitrogens with one attached hydrogen (secondary N) is 1. The molecule has 2 heterocycles. The Kier molecular flexibility index (Phi) is 3.20. The summed E-state index contributed by atoms with van der Waals surface area (Å²) in [5.41, 5.74) is 1.87. The van der Waals surface area contributed by atoms with E-state index in [0.717, 1.165) is 23.0 Å². The van der Waals surface area contributed by atoms with E-state index in [9.17, 15) is 0 Å². The Bertz CT molecular complexity index is 692. The molecule has 2 aromatic heterocycles. The highest BCUT2D eigenvalue weighted by molar-refractivity contribution is 5.82. The Morgan fingerprint density at radius 1 is 1.21 bits per heavy atom. The van der Waals surface area contributed by atoms with Crippen LogP contribution in [0.3, 0.4) is 0 Å². The number of aromatic nitrogens is 3. The highest BCUT2D eigenvalue weighted by Gasteiger charge is 2.08. The van der Waals surface area contributed by atoms with Crippen molar-refractivity contribution in [1.29, 1.82) is 0 Å². The quantitative estimate of drug-likeness (QED) is 0.774. The lowest BCUT2D eigenvalue weighted by Crippen LogP contribution is -2.11. The average molecular weight is 254 g/mol. The molecule has 0 aliphatic carbocycles. The van der Waals surface area contributed by atoms with Crippen molar-refractivity contribution in [2.75, 3.05) is 6.54 Å². The number of nitrogens with zero attached hydrogens (tertiary/aromatic N) is 3. The molecule has 0 saturated carbocycles. The van der Waals surface area contributed by atoms with Gasteiger partial charge in [0.05, 0.1) is 12.1 Å². The maximum atomic E-state index is 5.62. The average Bonchev–Trinajstić information content (AvgIpc) is 2.93. The maximum Gasteiger partial charge on any atom is 0.247 e. The first-order valence-electron chi connectivity index (χ1n) is 6.25. The largest absolute Gasteiger partial charge is 0.419 e. The monoisotopic (exact) mass is 254 g/mol. The molecule has 5 nitrogen and oxygen atoms in total. The number of fused-ring (bicyclic) bond motifs is 1. The van der Waals surface area contributed by atoms with Crippen LogP contribution in [-0.2, 0) is 6.54 Å². The molecule has 0 unspecified atom stereocenters. The van der Waals surface area contributed by atoms with Crippen LogP contribution in [0.4, 0.5) is 0 Å². The molecule has 0 atom stereocenters. The molecule has 0 radical (unpaired) electrons. The van der Waals surface area contributed by atoms with Crippen molar-refractivity contribution in [2.45, 2.75) is 13.5 Å². The molecule has 5 heteroatoms. The van der Waals surface area contributed by atoms with E-state index in [-0.39, 0.29) is 0 Å². The smallest absolute Gasteiger partial charge is 0.247 e. The van der Waals surface area contributed by atoms with Crippen molar-refractivity contribution in [3.8, 4) is 11.5 Å². The summed E-state index contributed by atoms with van der Waals surface area (Å²) in [5.74, 6) is 1.14. The topological polar surface area (TPSA) is 63.8 Å². The lowest BCUT2D eigenvalue weighted by molar-refractivity contribution is 0.482. The third-order valence-electron chi connectivity index (χ3n) is 2.84. The summed E-state index contributed by atoms with van der Waals surface area (Å²) in [6.45, 7) is 3.51. The van der Waals surface area contributed by atoms with Crippen LogP contribution in [0.1, 0.15) is 12.8 Å². The van der Waals surface area contributed by atoms with Gasteiger partial charge in [0.15, 0.2) is 0 Å². The summed E-state index contributed by atoms with van der Waals surface area (Å²) in [4.78, 5) is 4.29. The van der Waals surface area contributed by atoms with Gasteiger partial charge in [-0.15, -0.1) is 10.2 Å². The van der Waals surface area contributed by atoms with E-state index in [4.69, 9.17) is 4.42 Å². The lowest BCUT2D eigenvalue weighted by atomic mass is 10.1. The number of hydrogen-bond acceptors (Lipinski definition) is 5. The van der Waals surface area contributed by atoms with Gasteiger partial charge in [0.1, 0.15) is 0 Å². The number of hydrogen-bond donors (Lipinski definition) is 1. The fourth-order valence-electron chi connectivity index (χ4n) is 1.88. The predicted octanol–water partition coefficient (Wildman–Crippen LogP) is 2.39. The molecule has 0 saturated heterocycles. The zero-order valence-electron chi connectivity index (χ0n) is 10.6. The molecule has 0 aliphatic rings. The van der Waals surface area contributed by atoms with Gasteiger partial charge in [-0.25, -0.2) is 0 Å². The van der Waals surface area contributed by atoms with Gasteiger partial charge in [0, 0.05) is 17.1 Å². The summed E-state index contributed by atoms with van der Waals surface area (Å²) < 4.78 is 5.62. The normalized spacial score (nSPS) is 11.0. The fraction of sp³-hybridized carbons (Fsp3) is 0.214. The van der Waals surface area contributed by atoms with Crippen molar-refractivity contribution in [2.24, 2.45) is 0 Å². The lowest BCUT2D eigenvalue weighted by Gasteiger charge is -1.99. The van der Waals surface area contributed by atoms with Crippen molar-refractivity contribution in [3.63, 3.8) is 0 Å². The van der Waals surface area contributed by atoms with E-state index >= 15 is 0 Å². The van der Waals surface area contributed by atoms with Gasteiger partial charge >= 0.3 is 0 Å².